The van der Waals surface area contributed by atoms with Crippen LogP contribution < -0.4 is 16.0 Å². The number of benzene rings is 1. The topological polar surface area (TPSA) is 50.5 Å². The van der Waals surface area contributed by atoms with Gasteiger partial charge in [-0.25, -0.2) is 4.39 Å². The van der Waals surface area contributed by atoms with Gasteiger partial charge in [0, 0.05) is 13.1 Å². The van der Waals surface area contributed by atoms with Gasteiger partial charge in [-0.2, -0.15) is 0 Å². The molecule has 2 rings (SSSR count). The zero-order valence-corrected chi connectivity index (χ0v) is 10.1. The number of para-hydroxylation sites is 1. The molecule has 0 aliphatic carbocycles. The van der Waals surface area contributed by atoms with Gasteiger partial charge in [0.2, 0.25) is 0 Å². The number of morpholine rings is 1. The first-order chi connectivity index (χ1) is 8.18. The van der Waals surface area contributed by atoms with Gasteiger partial charge in [0.05, 0.1) is 24.6 Å². The average molecular weight is 255 g/mol. The Bertz CT molecular complexity index is 421. The molecule has 1 heterocycles. The molecule has 3 N–H and O–H groups in total. The quantitative estimate of drug-likeness (QED) is 0.781. The second-order valence-electron chi connectivity index (χ2n) is 3.72. The van der Waals surface area contributed by atoms with Crippen molar-refractivity contribution in [3.8, 4) is 0 Å². The highest BCUT2D eigenvalue weighted by Gasteiger charge is 2.18. The molecule has 4 nitrogen and oxygen atoms in total. The number of nitrogens with zero attached hydrogens (tertiary/aromatic N) is 1. The third kappa shape index (κ3) is 2.83. The summed E-state index contributed by atoms with van der Waals surface area (Å²) in [6, 6.07) is 4.81. The van der Waals surface area contributed by atoms with E-state index in [1.807, 2.05) is 4.90 Å². The van der Waals surface area contributed by atoms with Crippen LogP contribution >= 0.6 is 12.2 Å². The SMILES string of the molecule is NC(=S)Nc1cccc(F)c1N1CCOCC1. The van der Waals surface area contributed by atoms with Gasteiger partial charge >= 0.3 is 0 Å². The Morgan fingerprint density at radius 3 is 2.76 bits per heavy atom. The lowest BCUT2D eigenvalue weighted by molar-refractivity contribution is 0.122. The normalized spacial score (nSPS) is 15.7. The number of nitrogens with one attached hydrogen (secondary N) is 1. The van der Waals surface area contributed by atoms with Gasteiger partial charge in [-0.3, -0.25) is 0 Å². The number of ether oxygens (including phenoxy) is 1. The van der Waals surface area contributed by atoms with E-state index >= 15 is 0 Å². The van der Waals surface area contributed by atoms with Crippen LogP contribution in [0.25, 0.3) is 0 Å². The summed E-state index contributed by atoms with van der Waals surface area (Å²) in [5.74, 6) is -0.284. The highest BCUT2D eigenvalue weighted by atomic mass is 32.1. The van der Waals surface area contributed by atoms with Crippen LogP contribution in [0.1, 0.15) is 0 Å². The van der Waals surface area contributed by atoms with Gasteiger partial charge in [0.25, 0.3) is 0 Å². The van der Waals surface area contributed by atoms with Gasteiger partial charge in [0.1, 0.15) is 5.82 Å². The predicted octanol–water partition coefficient (Wildman–Crippen LogP) is 1.32. The van der Waals surface area contributed by atoms with E-state index in [2.05, 4.69) is 5.32 Å². The summed E-state index contributed by atoms with van der Waals surface area (Å²) in [5.41, 5.74) is 6.53. The predicted molar refractivity (Wildman–Crippen MR) is 69.8 cm³/mol. The van der Waals surface area contributed by atoms with E-state index in [1.165, 1.54) is 6.07 Å². The summed E-state index contributed by atoms with van der Waals surface area (Å²) in [6.07, 6.45) is 0. The maximum absolute atomic E-state index is 13.9. The van der Waals surface area contributed by atoms with Crippen LogP contribution in [-0.4, -0.2) is 31.4 Å². The lowest BCUT2D eigenvalue weighted by Gasteiger charge is -2.30. The summed E-state index contributed by atoms with van der Waals surface area (Å²) >= 11 is 4.78. The van der Waals surface area contributed by atoms with Crippen molar-refractivity contribution >= 4 is 28.7 Å². The molecular formula is C11H14FN3OS. The summed E-state index contributed by atoms with van der Waals surface area (Å²) in [5, 5.41) is 2.93. The molecule has 1 aliphatic heterocycles. The fraction of sp³-hybridized carbons (Fsp3) is 0.364. The van der Waals surface area contributed by atoms with Gasteiger partial charge in [-0.1, -0.05) is 6.07 Å². The second-order valence-corrected chi connectivity index (χ2v) is 4.16. The molecule has 0 saturated carbocycles. The first-order valence-electron chi connectivity index (χ1n) is 5.36. The molecule has 1 aliphatic rings. The number of rotatable bonds is 2. The molecule has 1 aromatic rings. The van der Waals surface area contributed by atoms with Crippen LogP contribution in [0.2, 0.25) is 0 Å². The van der Waals surface area contributed by atoms with Crippen molar-refractivity contribution < 1.29 is 9.13 Å². The number of anilines is 2. The minimum atomic E-state index is -0.284. The lowest BCUT2D eigenvalue weighted by Crippen LogP contribution is -2.37. The van der Waals surface area contributed by atoms with Crippen molar-refractivity contribution in [2.45, 2.75) is 0 Å². The van der Waals surface area contributed by atoms with Crippen LogP contribution in [0, 0.1) is 5.82 Å². The molecule has 1 fully saturated rings. The Morgan fingerprint density at radius 2 is 2.12 bits per heavy atom. The molecule has 6 heteroatoms. The van der Waals surface area contributed by atoms with Crippen LogP contribution in [0.15, 0.2) is 18.2 Å². The second kappa shape index (κ2) is 5.29. The van der Waals surface area contributed by atoms with E-state index in [0.29, 0.717) is 37.7 Å². The number of hydrogen-bond donors (Lipinski definition) is 2. The molecule has 0 unspecified atom stereocenters. The highest BCUT2D eigenvalue weighted by Crippen LogP contribution is 2.29. The standard InChI is InChI=1S/C11H14FN3OS/c12-8-2-1-3-9(14-11(13)17)10(8)15-4-6-16-7-5-15/h1-3H,4-7H2,(H3,13,14,17). The first kappa shape index (κ1) is 12.1. The Balaban J connectivity index is 2.31. The molecule has 92 valence electrons. The minimum absolute atomic E-state index is 0.130. The van der Waals surface area contributed by atoms with Gasteiger partial charge in [-0.15, -0.1) is 0 Å². The lowest BCUT2D eigenvalue weighted by atomic mass is 10.2. The number of thiocarbonyl (C=S) groups is 1. The zero-order chi connectivity index (χ0) is 12.3. The molecule has 1 aromatic carbocycles. The minimum Gasteiger partial charge on any atom is -0.378 e. The maximum atomic E-state index is 13.9. The fourth-order valence-electron chi connectivity index (χ4n) is 1.86. The van der Waals surface area contributed by atoms with Gasteiger partial charge < -0.3 is 20.7 Å². The van der Waals surface area contributed by atoms with Crippen molar-refractivity contribution in [2.75, 3.05) is 36.5 Å². The van der Waals surface area contributed by atoms with E-state index in [1.54, 1.807) is 12.1 Å². The zero-order valence-electron chi connectivity index (χ0n) is 9.28. The van der Waals surface area contributed by atoms with Crippen LogP contribution in [0.5, 0.6) is 0 Å². The third-order valence-electron chi connectivity index (χ3n) is 2.57. The number of nitrogens with two attached hydrogens (primary N) is 1. The molecule has 0 atom stereocenters. The third-order valence-corrected chi connectivity index (χ3v) is 2.67. The summed E-state index contributed by atoms with van der Waals surface area (Å²) in [6.45, 7) is 2.52. The average Bonchev–Trinajstić information content (AvgIpc) is 2.29. The monoisotopic (exact) mass is 255 g/mol. The largest absolute Gasteiger partial charge is 0.378 e. The molecule has 0 aromatic heterocycles. The maximum Gasteiger partial charge on any atom is 0.168 e. The van der Waals surface area contributed by atoms with Crippen LogP contribution in [0.3, 0.4) is 0 Å². The van der Waals surface area contributed by atoms with Crippen molar-refractivity contribution in [2.24, 2.45) is 5.73 Å². The Morgan fingerprint density at radius 1 is 1.41 bits per heavy atom. The van der Waals surface area contributed by atoms with E-state index in [9.17, 15) is 4.39 Å². The first-order valence-corrected chi connectivity index (χ1v) is 5.77. The molecule has 0 amide bonds. The van der Waals surface area contributed by atoms with E-state index in [0.717, 1.165) is 0 Å². The molecular weight excluding hydrogens is 241 g/mol. The Kier molecular flexibility index (Phi) is 3.75. The van der Waals surface area contributed by atoms with Crippen molar-refractivity contribution in [1.82, 2.24) is 0 Å². The Hall–Kier alpha value is -1.40. The molecule has 17 heavy (non-hydrogen) atoms. The van der Waals surface area contributed by atoms with Crippen molar-refractivity contribution in [3.05, 3.63) is 24.0 Å². The van der Waals surface area contributed by atoms with Gasteiger partial charge in [0.15, 0.2) is 5.11 Å². The highest BCUT2D eigenvalue weighted by molar-refractivity contribution is 7.80. The van der Waals surface area contributed by atoms with Crippen molar-refractivity contribution in [3.63, 3.8) is 0 Å². The molecule has 0 spiro atoms. The number of hydrogen-bond acceptors (Lipinski definition) is 3. The molecule has 0 radical (unpaired) electrons. The summed E-state index contributed by atoms with van der Waals surface area (Å²) < 4.78 is 19.1. The summed E-state index contributed by atoms with van der Waals surface area (Å²) in [4.78, 5) is 1.93. The van der Waals surface area contributed by atoms with Crippen LogP contribution in [0.4, 0.5) is 15.8 Å². The molecule has 0 bridgehead atoms. The fourth-order valence-corrected chi connectivity index (χ4v) is 1.97. The number of halogens is 1. The summed E-state index contributed by atoms with van der Waals surface area (Å²) in [7, 11) is 0. The van der Waals surface area contributed by atoms with E-state index < -0.39 is 0 Å². The van der Waals surface area contributed by atoms with Crippen molar-refractivity contribution in [1.29, 1.82) is 0 Å². The van der Waals surface area contributed by atoms with Crippen LogP contribution in [-0.2, 0) is 4.74 Å². The molecule has 1 saturated heterocycles. The van der Waals surface area contributed by atoms with E-state index in [4.69, 9.17) is 22.7 Å². The van der Waals surface area contributed by atoms with Gasteiger partial charge in [-0.05, 0) is 24.4 Å². The smallest absolute Gasteiger partial charge is 0.168 e. The Labute approximate surface area is 105 Å². The van der Waals surface area contributed by atoms with E-state index in [-0.39, 0.29) is 10.9 Å².